The molecule has 3 N–H and O–H groups in total. The van der Waals surface area contributed by atoms with E-state index in [4.69, 9.17) is 19.3 Å². The average molecular weight is 737 g/mol. The predicted octanol–water partition coefficient (Wildman–Crippen LogP) is 10.5. The lowest BCUT2D eigenvalue weighted by atomic mass is 10.1. The van der Waals surface area contributed by atoms with Crippen molar-refractivity contribution in [2.24, 2.45) is 0 Å². The number of allylic oxidation sites excluding steroid dienone is 11. The Bertz CT molecular complexity index is 1070. The Morgan fingerprint density at radius 2 is 1.16 bits per heavy atom. The lowest BCUT2D eigenvalue weighted by Crippen LogP contribution is -2.29. The van der Waals surface area contributed by atoms with Gasteiger partial charge in [-0.2, -0.15) is 0 Å². The monoisotopic (exact) mass is 736 g/mol. The third-order valence-corrected chi connectivity index (χ3v) is 8.31. The van der Waals surface area contributed by atoms with Crippen LogP contribution in [-0.4, -0.2) is 52.3 Å². The molecule has 0 amide bonds. The van der Waals surface area contributed by atoms with Gasteiger partial charge in [0.1, 0.15) is 6.61 Å². The quantitative estimate of drug-likeness (QED) is 0.0194. The van der Waals surface area contributed by atoms with Crippen molar-refractivity contribution in [3.63, 3.8) is 0 Å². The first-order chi connectivity index (χ1) is 24.7. The fourth-order valence-corrected chi connectivity index (χ4v) is 5.24. The summed E-state index contributed by atoms with van der Waals surface area (Å²) < 4.78 is 26.2. The van der Waals surface area contributed by atoms with Crippen molar-refractivity contribution >= 4 is 19.8 Å². The van der Waals surface area contributed by atoms with Crippen LogP contribution in [-0.2, 0) is 28.2 Å². The molecule has 0 rings (SSSR count). The van der Waals surface area contributed by atoms with Gasteiger partial charge in [-0.1, -0.05) is 145 Å². The number of esters is 2. The van der Waals surface area contributed by atoms with Crippen LogP contribution in [0.25, 0.3) is 0 Å². The Kier molecular flexibility index (Phi) is 34.0. The molecule has 0 aromatic heterocycles. The van der Waals surface area contributed by atoms with Crippen LogP contribution in [0.1, 0.15) is 149 Å². The Hall–Kier alpha value is -2.55. The highest BCUT2D eigenvalue weighted by molar-refractivity contribution is 7.46. The van der Waals surface area contributed by atoms with Crippen LogP contribution < -0.4 is 0 Å². The van der Waals surface area contributed by atoms with E-state index in [0.717, 1.165) is 77.0 Å². The van der Waals surface area contributed by atoms with Crippen molar-refractivity contribution in [1.82, 2.24) is 0 Å². The molecule has 0 aromatic carbocycles. The van der Waals surface area contributed by atoms with Crippen LogP contribution >= 0.6 is 7.82 Å². The van der Waals surface area contributed by atoms with Gasteiger partial charge in [0.25, 0.3) is 0 Å². The first kappa shape index (κ1) is 48.5. The summed E-state index contributed by atoms with van der Waals surface area (Å²) in [5, 5.41) is 9.86. The number of aliphatic hydroxyl groups excluding tert-OH is 1. The minimum Gasteiger partial charge on any atom is -0.462 e. The zero-order valence-corrected chi connectivity index (χ0v) is 32.5. The van der Waals surface area contributed by atoms with Crippen LogP contribution in [0.5, 0.6) is 0 Å². The van der Waals surface area contributed by atoms with Gasteiger partial charge in [0.05, 0.1) is 12.7 Å². The van der Waals surface area contributed by atoms with E-state index in [0.29, 0.717) is 19.3 Å². The molecule has 0 unspecified atom stereocenters. The molecule has 0 saturated heterocycles. The minimum atomic E-state index is -4.78. The molecular formula is C41H69O9P. The Balaban J connectivity index is 4.16. The fourth-order valence-electron chi connectivity index (χ4n) is 4.88. The molecular weight excluding hydrogens is 667 g/mol. The Labute approximate surface area is 309 Å². The summed E-state index contributed by atoms with van der Waals surface area (Å²) in [6.07, 6.45) is 42.3. The molecule has 292 valence electrons. The smallest absolute Gasteiger partial charge is 0.462 e. The molecule has 0 radical (unpaired) electrons. The lowest BCUT2D eigenvalue weighted by Gasteiger charge is -2.18. The number of hydrogen-bond acceptors (Lipinski definition) is 7. The molecule has 0 fully saturated rings. The summed E-state index contributed by atoms with van der Waals surface area (Å²) in [5.74, 6) is -1.00. The molecule has 0 aliphatic carbocycles. The number of carbonyl (C=O) groups is 2. The van der Waals surface area contributed by atoms with Crippen LogP contribution in [0.15, 0.2) is 72.9 Å². The molecule has 0 heterocycles. The molecule has 0 saturated carbocycles. The summed E-state index contributed by atoms with van der Waals surface area (Å²) in [4.78, 5) is 42.7. The number of ether oxygens (including phenoxy) is 2. The molecule has 9 nitrogen and oxygen atoms in total. The minimum absolute atomic E-state index is 0.109. The Morgan fingerprint density at radius 1 is 0.608 bits per heavy atom. The molecule has 51 heavy (non-hydrogen) atoms. The summed E-state index contributed by atoms with van der Waals surface area (Å²) in [7, 11) is -4.78. The van der Waals surface area contributed by atoms with E-state index in [9.17, 15) is 19.3 Å². The van der Waals surface area contributed by atoms with E-state index < -0.39 is 32.5 Å². The van der Waals surface area contributed by atoms with Gasteiger partial charge < -0.3 is 24.4 Å². The third kappa shape index (κ3) is 38.5. The largest absolute Gasteiger partial charge is 0.469 e. The second kappa shape index (κ2) is 35.8. The summed E-state index contributed by atoms with van der Waals surface area (Å²) in [5.41, 5.74) is 0. The summed E-state index contributed by atoms with van der Waals surface area (Å²) >= 11 is 0. The van der Waals surface area contributed by atoms with Gasteiger partial charge in [0.15, 0.2) is 6.10 Å². The second-order valence-electron chi connectivity index (χ2n) is 12.8. The SMILES string of the molecule is CCCCCC/C=C\C=C/CCCCCCCC(=O)OC[C@H](COP(=O)(O)O)OC(=O)CCC/C=C\C/C=C\C/C=C\C=C\[C@@H](O)CCCCC. The van der Waals surface area contributed by atoms with E-state index in [1.807, 2.05) is 36.5 Å². The molecule has 0 aliphatic rings. The zero-order chi connectivity index (χ0) is 37.7. The maximum Gasteiger partial charge on any atom is 0.469 e. The number of phosphoric acid groups is 1. The first-order valence-corrected chi connectivity index (χ1v) is 20.9. The van der Waals surface area contributed by atoms with Gasteiger partial charge in [-0.25, -0.2) is 4.57 Å². The molecule has 0 spiro atoms. The fraction of sp³-hybridized carbons (Fsp3) is 0.659. The third-order valence-electron chi connectivity index (χ3n) is 7.83. The van der Waals surface area contributed by atoms with Crippen LogP contribution in [0, 0.1) is 0 Å². The highest BCUT2D eigenvalue weighted by Crippen LogP contribution is 2.36. The highest BCUT2D eigenvalue weighted by atomic mass is 31.2. The van der Waals surface area contributed by atoms with E-state index in [1.165, 1.54) is 25.7 Å². The zero-order valence-electron chi connectivity index (χ0n) is 31.6. The van der Waals surface area contributed by atoms with E-state index in [-0.39, 0.29) is 25.6 Å². The second-order valence-corrected chi connectivity index (χ2v) is 14.0. The van der Waals surface area contributed by atoms with Crippen LogP contribution in [0.3, 0.4) is 0 Å². The van der Waals surface area contributed by atoms with Gasteiger partial charge >= 0.3 is 19.8 Å². The highest BCUT2D eigenvalue weighted by Gasteiger charge is 2.22. The van der Waals surface area contributed by atoms with Gasteiger partial charge in [-0.05, 0) is 64.2 Å². The predicted molar refractivity (Wildman–Crippen MR) is 208 cm³/mol. The van der Waals surface area contributed by atoms with Gasteiger partial charge in [0, 0.05) is 12.8 Å². The van der Waals surface area contributed by atoms with Gasteiger partial charge in [0.2, 0.25) is 0 Å². The Morgan fingerprint density at radius 3 is 1.84 bits per heavy atom. The number of unbranched alkanes of at least 4 members (excludes halogenated alkanes) is 12. The topological polar surface area (TPSA) is 140 Å². The van der Waals surface area contributed by atoms with Crippen molar-refractivity contribution in [3.8, 4) is 0 Å². The lowest BCUT2D eigenvalue weighted by molar-refractivity contribution is -0.161. The van der Waals surface area contributed by atoms with E-state index >= 15 is 0 Å². The number of rotatable bonds is 34. The van der Waals surface area contributed by atoms with Crippen molar-refractivity contribution in [2.45, 2.75) is 161 Å². The molecule has 0 aromatic rings. The van der Waals surface area contributed by atoms with Crippen molar-refractivity contribution in [2.75, 3.05) is 13.2 Å². The number of aliphatic hydroxyl groups is 1. The van der Waals surface area contributed by atoms with Crippen molar-refractivity contribution < 1.29 is 43.0 Å². The van der Waals surface area contributed by atoms with E-state index in [1.54, 1.807) is 0 Å². The average Bonchev–Trinajstić information content (AvgIpc) is 3.09. The molecule has 2 atom stereocenters. The molecule has 0 aliphatic heterocycles. The number of carbonyl (C=O) groups excluding carboxylic acids is 2. The van der Waals surface area contributed by atoms with Crippen molar-refractivity contribution in [3.05, 3.63) is 72.9 Å². The van der Waals surface area contributed by atoms with Crippen molar-refractivity contribution in [1.29, 1.82) is 0 Å². The standard InChI is InChI=1S/C41H69O9P/c1-3-5-7-8-9-10-11-12-13-14-17-20-23-26-30-34-40(43)48-36-39(37-49-51(45,46)47)50-41(44)35-31-27-24-21-18-15-16-19-22-25-29-33-38(42)32-28-6-4-2/h10-13,15-16,21-22,24-25,29,33,38-39,42H,3-9,14,17-20,23,26-28,30-32,34-37H2,1-2H3,(H2,45,46,47)/b11-10-,13-12-,16-15-,24-21-,25-22-,33-29+/t38-,39+/m0/s1. The summed E-state index contributed by atoms with van der Waals surface area (Å²) in [6.45, 7) is 3.46. The van der Waals surface area contributed by atoms with Crippen LogP contribution in [0.2, 0.25) is 0 Å². The molecule has 0 bridgehead atoms. The number of phosphoric ester groups is 1. The number of hydrogen-bond donors (Lipinski definition) is 3. The van der Waals surface area contributed by atoms with Gasteiger partial charge in [-0.3, -0.25) is 14.1 Å². The van der Waals surface area contributed by atoms with E-state index in [2.05, 4.69) is 54.8 Å². The van der Waals surface area contributed by atoms with Crippen LogP contribution in [0.4, 0.5) is 0 Å². The first-order valence-electron chi connectivity index (χ1n) is 19.4. The molecule has 10 heteroatoms. The maximum atomic E-state index is 12.3. The maximum absolute atomic E-state index is 12.3. The normalized spacial score (nSPS) is 13.9. The van der Waals surface area contributed by atoms with Gasteiger partial charge in [-0.15, -0.1) is 0 Å². The summed E-state index contributed by atoms with van der Waals surface area (Å²) in [6, 6.07) is 0.